The van der Waals surface area contributed by atoms with Gasteiger partial charge in [-0.25, -0.2) is 4.98 Å². The lowest BCUT2D eigenvalue weighted by Gasteiger charge is -1.93. The summed E-state index contributed by atoms with van der Waals surface area (Å²) in [5.74, 6) is 0.131. The Bertz CT molecular complexity index is 657. The molecule has 0 atom stereocenters. The van der Waals surface area contributed by atoms with Crippen LogP contribution in [0.5, 0.6) is 5.88 Å². The summed E-state index contributed by atoms with van der Waals surface area (Å²) in [5.41, 5.74) is 1.24. The molecule has 2 aromatic heterocycles. The van der Waals surface area contributed by atoms with Gasteiger partial charge < -0.3 is 5.11 Å². The zero-order chi connectivity index (χ0) is 10.4. The van der Waals surface area contributed by atoms with E-state index in [2.05, 4.69) is 30.1 Å². The van der Waals surface area contributed by atoms with Crippen LogP contribution in [-0.2, 0) is 0 Å². The molecule has 0 bridgehead atoms. The van der Waals surface area contributed by atoms with Crippen molar-refractivity contribution in [3.8, 4) is 5.88 Å². The maximum atomic E-state index is 9.64. The molecule has 2 heterocycles. The third-order valence-corrected chi connectivity index (χ3v) is 3.69. The van der Waals surface area contributed by atoms with Gasteiger partial charge in [-0.1, -0.05) is 12.1 Å². The summed E-state index contributed by atoms with van der Waals surface area (Å²) < 4.78 is 2.08. The summed E-state index contributed by atoms with van der Waals surface area (Å²) in [4.78, 5) is 3.89. The number of rotatable bonds is 0. The molecule has 0 saturated heterocycles. The van der Waals surface area contributed by atoms with Crippen molar-refractivity contribution in [2.45, 2.75) is 6.92 Å². The predicted octanol–water partition coefficient (Wildman–Crippen LogP) is 3.46. The highest BCUT2D eigenvalue weighted by atomic mass is 32.1. The average Bonchev–Trinajstić information content (AvgIpc) is 2.57. The van der Waals surface area contributed by atoms with Gasteiger partial charge in [0.05, 0.1) is 4.70 Å². The van der Waals surface area contributed by atoms with Crippen molar-refractivity contribution in [2.75, 3.05) is 0 Å². The summed E-state index contributed by atoms with van der Waals surface area (Å²) in [6, 6.07) is 8.28. The zero-order valence-electron chi connectivity index (χ0n) is 8.19. The van der Waals surface area contributed by atoms with Crippen molar-refractivity contribution in [3.05, 3.63) is 36.0 Å². The summed E-state index contributed by atoms with van der Waals surface area (Å²) in [5, 5.41) is 11.9. The number of hydrogen-bond acceptors (Lipinski definition) is 3. The molecule has 1 N–H and O–H groups in total. The molecule has 1 aromatic carbocycles. The van der Waals surface area contributed by atoms with Gasteiger partial charge >= 0.3 is 0 Å². The molecule has 0 aliphatic carbocycles. The van der Waals surface area contributed by atoms with Gasteiger partial charge in [-0.2, -0.15) is 0 Å². The molecular weight excluding hydrogens is 206 g/mol. The average molecular weight is 215 g/mol. The second kappa shape index (κ2) is 2.94. The first-order valence-electron chi connectivity index (χ1n) is 4.72. The van der Waals surface area contributed by atoms with Crippen molar-refractivity contribution in [2.24, 2.45) is 0 Å². The van der Waals surface area contributed by atoms with Crippen LogP contribution in [-0.4, -0.2) is 10.1 Å². The Morgan fingerprint density at radius 3 is 2.93 bits per heavy atom. The smallest absolute Gasteiger partial charge is 0.229 e. The molecule has 0 fully saturated rings. The highest BCUT2D eigenvalue weighted by molar-refractivity contribution is 7.26. The SMILES string of the molecule is Cc1ccc2c(c1)sc1c(O)nccc12. The van der Waals surface area contributed by atoms with E-state index in [1.807, 2.05) is 6.07 Å². The molecule has 0 saturated carbocycles. The number of aryl methyl sites for hydroxylation is 1. The van der Waals surface area contributed by atoms with E-state index in [0.29, 0.717) is 0 Å². The highest BCUT2D eigenvalue weighted by Gasteiger charge is 2.08. The fraction of sp³-hybridized carbons (Fsp3) is 0.0833. The van der Waals surface area contributed by atoms with Gasteiger partial charge in [0.15, 0.2) is 0 Å². The molecule has 0 spiro atoms. The van der Waals surface area contributed by atoms with E-state index in [9.17, 15) is 5.11 Å². The monoisotopic (exact) mass is 215 g/mol. The van der Waals surface area contributed by atoms with Gasteiger partial charge in [-0.15, -0.1) is 11.3 Å². The summed E-state index contributed by atoms with van der Waals surface area (Å²) >= 11 is 1.59. The number of aromatic nitrogens is 1. The topological polar surface area (TPSA) is 33.1 Å². The highest BCUT2D eigenvalue weighted by Crippen LogP contribution is 2.37. The van der Waals surface area contributed by atoms with Gasteiger partial charge in [0.2, 0.25) is 5.88 Å². The number of aromatic hydroxyl groups is 1. The fourth-order valence-corrected chi connectivity index (χ4v) is 2.98. The first-order valence-corrected chi connectivity index (χ1v) is 5.54. The fourth-order valence-electron chi connectivity index (χ4n) is 1.80. The lowest BCUT2D eigenvalue weighted by Crippen LogP contribution is -1.72. The Labute approximate surface area is 90.8 Å². The predicted molar refractivity (Wildman–Crippen MR) is 63.5 cm³/mol. The standard InChI is InChI=1S/C12H9NOS/c1-7-2-3-8-9-4-5-13-12(14)11(9)15-10(8)6-7/h2-6H,1H3,(H,13,14). The minimum atomic E-state index is 0.131. The van der Waals surface area contributed by atoms with Gasteiger partial charge in [-0.05, 0) is 24.6 Å². The van der Waals surface area contributed by atoms with E-state index in [4.69, 9.17) is 0 Å². The Kier molecular flexibility index (Phi) is 1.70. The Balaban J connectivity index is 2.57. The number of nitrogens with zero attached hydrogens (tertiary/aromatic N) is 1. The van der Waals surface area contributed by atoms with E-state index in [0.717, 1.165) is 10.1 Å². The van der Waals surface area contributed by atoms with Crippen LogP contribution in [0.1, 0.15) is 5.56 Å². The normalized spacial score (nSPS) is 11.3. The van der Waals surface area contributed by atoms with E-state index < -0.39 is 0 Å². The van der Waals surface area contributed by atoms with Crippen LogP contribution in [0.2, 0.25) is 0 Å². The van der Waals surface area contributed by atoms with E-state index in [1.165, 1.54) is 15.6 Å². The van der Waals surface area contributed by atoms with Gasteiger partial charge in [0.1, 0.15) is 0 Å². The third kappa shape index (κ3) is 1.20. The Hall–Kier alpha value is -1.61. The molecule has 0 aliphatic heterocycles. The maximum absolute atomic E-state index is 9.64. The molecule has 3 rings (SSSR count). The van der Waals surface area contributed by atoms with Crippen LogP contribution >= 0.6 is 11.3 Å². The number of fused-ring (bicyclic) bond motifs is 3. The van der Waals surface area contributed by atoms with E-state index in [-0.39, 0.29) is 5.88 Å². The lowest BCUT2D eigenvalue weighted by atomic mass is 10.1. The van der Waals surface area contributed by atoms with Crippen LogP contribution in [0.25, 0.3) is 20.2 Å². The minimum absolute atomic E-state index is 0.131. The number of hydrogen-bond donors (Lipinski definition) is 1. The summed E-state index contributed by atoms with van der Waals surface area (Å²) in [7, 11) is 0. The van der Waals surface area contributed by atoms with Crippen molar-refractivity contribution < 1.29 is 5.11 Å². The largest absolute Gasteiger partial charge is 0.492 e. The molecular formula is C12H9NOS. The van der Waals surface area contributed by atoms with E-state index >= 15 is 0 Å². The third-order valence-electron chi connectivity index (χ3n) is 2.53. The van der Waals surface area contributed by atoms with Gasteiger partial charge in [0.25, 0.3) is 0 Å². The molecule has 15 heavy (non-hydrogen) atoms. The van der Waals surface area contributed by atoms with Gasteiger partial charge in [-0.3, -0.25) is 0 Å². The molecule has 3 heteroatoms. The van der Waals surface area contributed by atoms with Crippen molar-refractivity contribution in [1.29, 1.82) is 0 Å². The lowest BCUT2D eigenvalue weighted by molar-refractivity contribution is 0.461. The molecule has 0 radical (unpaired) electrons. The van der Waals surface area contributed by atoms with Crippen LogP contribution in [0, 0.1) is 6.92 Å². The van der Waals surface area contributed by atoms with Crippen LogP contribution < -0.4 is 0 Å². The van der Waals surface area contributed by atoms with Gasteiger partial charge in [0, 0.05) is 21.7 Å². The summed E-state index contributed by atoms with van der Waals surface area (Å²) in [6.45, 7) is 2.07. The second-order valence-corrected chi connectivity index (χ2v) is 4.67. The van der Waals surface area contributed by atoms with E-state index in [1.54, 1.807) is 17.5 Å². The first kappa shape index (κ1) is 8.68. The number of thiophene rings is 1. The molecule has 0 amide bonds. The Morgan fingerprint density at radius 2 is 2.07 bits per heavy atom. The molecule has 0 aliphatic rings. The van der Waals surface area contributed by atoms with Crippen molar-refractivity contribution in [1.82, 2.24) is 4.98 Å². The van der Waals surface area contributed by atoms with Crippen LogP contribution in [0.15, 0.2) is 30.5 Å². The Morgan fingerprint density at radius 1 is 1.20 bits per heavy atom. The molecule has 0 unspecified atom stereocenters. The molecule has 2 nitrogen and oxygen atoms in total. The van der Waals surface area contributed by atoms with Crippen LogP contribution in [0.3, 0.4) is 0 Å². The van der Waals surface area contributed by atoms with Crippen LogP contribution in [0.4, 0.5) is 0 Å². The first-order chi connectivity index (χ1) is 7.25. The quantitative estimate of drug-likeness (QED) is 0.623. The number of pyridine rings is 1. The molecule has 74 valence electrons. The second-order valence-electron chi connectivity index (χ2n) is 3.61. The minimum Gasteiger partial charge on any atom is -0.492 e. The van der Waals surface area contributed by atoms with Crippen molar-refractivity contribution in [3.63, 3.8) is 0 Å². The molecule has 3 aromatic rings. The number of benzene rings is 1. The summed E-state index contributed by atoms with van der Waals surface area (Å²) in [6.07, 6.45) is 1.64. The zero-order valence-corrected chi connectivity index (χ0v) is 9.01. The maximum Gasteiger partial charge on any atom is 0.229 e. The van der Waals surface area contributed by atoms with Crippen molar-refractivity contribution >= 4 is 31.5 Å².